The number of thioether (sulfide) groups is 1. The summed E-state index contributed by atoms with van der Waals surface area (Å²) in [6.07, 6.45) is 1.73. The van der Waals surface area contributed by atoms with Gasteiger partial charge < -0.3 is 15.4 Å². The average Bonchev–Trinajstić information content (AvgIpc) is 2.91. The molecule has 0 radical (unpaired) electrons. The summed E-state index contributed by atoms with van der Waals surface area (Å²) in [5, 5.41) is 5.32. The van der Waals surface area contributed by atoms with Crippen molar-refractivity contribution in [2.75, 3.05) is 11.9 Å². The molecular weight excluding hydrogens is 356 g/mol. The number of benzene rings is 2. The lowest BCUT2D eigenvalue weighted by Crippen LogP contribution is -2.20. The Balaban J connectivity index is 1.60. The van der Waals surface area contributed by atoms with Crippen molar-refractivity contribution in [1.82, 2.24) is 5.32 Å². The number of carbonyl (C=O) groups excluding carboxylic acids is 2. The second kappa shape index (κ2) is 7.96. The average molecular weight is 370 g/mol. The second-order valence-electron chi connectivity index (χ2n) is 5.13. The molecule has 0 spiro atoms. The SMILES string of the molecule is O=C(COc1cccc(/C=C2\SC(=S)NC2=O)c1)Nc1ccccc1. The molecule has 126 valence electrons. The largest absolute Gasteiger partial charge is 0.484 e. The van der Waals surface area contributed by atoms with Gasteiger partial charge in [-0.05, 0) is 35.9 Å². The van der Waals surface area contributed by atoms with Gasteiger partial charge in [0, 0.05) is 5.69 Å². The van der Waals surface area contributed by atoms with E-state index in [9.17, 15) is 9.59 Å². The molecule has 0 aliphatic carbocycles. The van der Waals surface area contributed by atoms with Crippen molar-refractivity contribution >= 4 is 51.9 Å². The first-order valence-electron chi connectivity index (χ1n) is 7.43. The standard InChI is InChI=1S/C18H14N2O3S2/c21-16(19-13-6-2-1-3-7-13)11-23-14-8-4-5-12(9-14)10-15-17(22)20-18(24)25-15/h1-10H,11H2,(H,19,21)(H,20,22,24)/b15-10-. The molecule has 25 heavy (non-hydrogen) atoms. The topological polar surface area (TPSA) is 67.4 Å². The van der Waals surface area contributed by atoms with Crippen LogP contribution in [-0.2, 0) is 9.59 Å². The third-order valence-electron chi connectivity index (χ3n) is 3.23. The summed E-state index contributed by atoms with van der Waals surface area (Å²) < 4.78 is 5.96. The lowest BCUT2D eigenvalue weighted by atomic mass is 10.2. The number of thiocarbonyl (C=S) groups is 1. The smallest absolute Gasteiger partial charge is 0.263 e. The first-order chi connectivity index (χ1) is 12.1. The minimum absolute atomic E-state index is 0.103. The predicted molar refractivity (Wildman–Crippen MR) is 103 cm³/mol. The molecule has 5 nitrogen and oxygen atoms in total. The predicted octanol–water partition coefficient (Wildman–Crippen LogP) is 3.19. The Hall–Kier alpha value is -2.64. The van der Waals surface area contributed by atoms with Crippen molar-refractivity contribution in [3.63, 3.8) is 0 Å². The van der Waals surface area contributed by atoms with Gasteiger partial charge in [-0.15, -0.1) is 0 Å². The van der Waals surface area contributed by atoms with E-state index < -0.39 is 0 Å². The highest BCUT2D eigenvalue weighted by molar-refractivity contribution is 8.26. The molecule has 1 aliphatic rings. The zero-order valence-corrected chi connectivity index (χ0v) is 14.7. The van der Waals surface area contributed by atoms with Crippen molar-refractivity contribution in [2.24, 2.45) is 0 Å². The number of carbonyl (C=O) groups is 2. The maximum atomic E-state index is 11.9. The Labute approximate surface area is 154 Å². The molecular formula is C18H14N2O3S2. The van der Waals surface area contributed by atoms with E-state index in [-0.39, 0.29) is 18.4 Å². The molecule has 1 saturated heterocycles. The van der Waals surface area contributed by atoms with Crippen molar-refractivity contribution in [2.45, 2.75) is 0 Å². The minimum Gasteiger partial charge on any atom is -0.484 e. The Morgan fingerprint density at radius 1 is 1.20 bits per heavy atom. The first kappa shape index (κ1) is 17.2. The zero-order valence-electron chi connectivity index (χ0n) is 13.0. The van der Waals surface area contributed by atoms with Crippen LogP contribution in [0.5, 0.6) is 5.75 Å². The maximum absolute atomic E-state index is 11.9. The summed E-state index contributed by atoms with van der Waals surface area (Å²) in [5.41, 5.74) is 1.51. The van der Waals surface area contributed by atoms with Gasteiger partial charge in [-0.3, -0.25) is 9.59 Å². The maximum Gasteiger partial charge on any atom is 0.263 e. The van der Waals surface area contributed by atoms with Crippen LogP contribution in [0, 0.1) is 0 Å². The number of amides is 2. The molecule has 1 fully saturated rings. The number of para-hydroxylation sites is 1. The van der Waals surface area contributed by atoms with E-state index >= 15 is 0 Å². The van der Waals surface area contributed by atoms with Crippen LogP contribution in [0.3, 0.4) is 0 Å². The van der Waals surface area contributed by atoms with Crippen LogP contribution in [0.15, 0.2) is 59.5 Å². The number of ether oxygens (including phenoxy) is 1. The fourth-order valence-corrected chi connectivity index (χ4v) is 3.18. The summed E-state index contributed by atoms with van der Waals surface area (Å²) in [7, 11) is 0. The van der Waals surface area contributed by atoms with E-state index in [4.69, 9.17) is 17.0 Å². The van der Waals surface area contributed by atoms with Crippen LogP contribution >= 0.6 is 24.0 Å². The highest BCUT2D eigenvalue weighted by Gasteiger charge is 2.21. The summed E-state index contributed by atoms with van der Waals surface area (Å²) in [6.45, 7) is -0.103. The van der Waals surface area contributed by atoms with Crippen LogP contribution in [0.2, 0.25) is 0 Å². The van der Waals surface area contributed by atoms with Crippen LogP contribution in [-0.4, -0.2) is 22.7 Å². The fourth-order valence-electron chi connectivity index (χ4n) is 2.13. The van der Waals surface area contributed by atoms with Gasteiger partial charge in [0.1, 0.15) is 10.1 Å². The van der Waals surface area contributed by atoms with Crippen molar-refractivity contribution in [3.8, 4) is 5.75 Å². The molecule has 1 heterocycles. The second-order valence-corrected chi connectivity index (χ2v) is 6.85. The highest BCUT2D eigenvalue weighted by Crippen LogP contribution is 2.26. The van der Waals surface area contributed by atoms with Crippen LogP contribution in [0.1, 0.15) is 5.56 Å². The van der Waals surface area contributed by atoms with Gasteiger partial charge in [-0.2, -0.15) is 0 Å². The van der Waals surface area contributed by atoms with Crippen molar-refractivity contribution in [1.29, 1.82) is 0 Å². The molecule has 0 atom stereocenters. The van der Waals surface area contributed by atoms with Crippen LogP contribution in [0.25, 0.3) is 6.08 Å². The molecule has 2 N–H and O–H groups in total. The molecule has 0 saturated carbocycles. The number of hydrogen-bond donors (Lipinski definition) is 2. The zero-order chi connectivity index (χ0) is 17.6. The van der Waals surface area contributed by atoms with Crippen molar-refractivity contribution in [3.05, 3.63) is 65.1 Å². The molecule has 0 aromatic heterocycles. The number of hydrogen-bond acceptors (Lipinski definition) is 5. The van der Waals surface area contributed by atoms with E-state index in [0.717, 1.165) is 11.3 Å². The number of nitrogens with one attached hydrogen (secondary N) is 2. The van der Waals surface area contributed by atoms with E-state index in [1.54, 1.807) is 36.4 Å². The molecule has 0 bridgehead atoms. The fraction of sp³-hybridized carbons (Fsp3) is 0.0556. The third kappa shape index (κ3) is 4.91. The number of anilines is 1. The molecule has 7 heteroatoms. The lowest BCUT2D eigenvalue weighted by molar-refractivity contribution is -0.118. The summed E-state index contributed by atoms with van der Waals surface area (Å²) in [6, 6.07) is 16.3. The molecule has 1 aliphatic heterocycles. The molecule has 2 amide bonds. The Bertz CT molecular complexity index is 850. The molecule has 0 unspecified atom stereocenters. The molecule has 2 aromatic rings. The van der Waals surface area contributed by atoms with Gasteiger partial charge in [0.05, 0.1) is 4.91 Å². The number of rotatable bonds is 5. The normalized spacial score (nSPS) is 15.1. The van der Waals surface area contributed by atoms with Gasteiger partial charge in [-0.1, -0.05) is 54.3 Å². The summed E-state index contributed by atoms with van der Waals surface area (Å²) in [4.78, 5) is 24.1. The van der Waals surface area contributed by atoms with Gasteiger partial charge in [-0.25, -0.2) is 0 Å². The van der Waals surface area contributed by atoms with E-state index in [1.165, 1.54) is 11.8 Å². The van der Waals surface area contributed by atoms with Gasteiger partial charge in [0.25, 0.3) is 11.8 Å². The Morgan fingerprint density at radius 3 is 2.72 bits per heavy atom. The van der Waals surface area contributed by atoms with Crippen molar-refractivity contribution < 1.29 is 14.3 Å². The summed E-state index contributed by atoms with van der Waals surface area (Å²) in [5.74, 6) is 0.0955. The van der Waals surface area contributed by atoms with Gasteiger partial charge in [0.15, 0.2) is 6.61 Å². The monoisotopic (exact) mass is 370 g/mol. The summed E-state index contributed by atoms with van der Waals surface area (Å²) >= 11 is 6.18. The first-order valence-corrected chi connectivity index (χ1v) is 8.65. The molecule has 3 rings (SSSR count). The highest BCUT2D eigenvalue weighted by atomic mass is 32.2. The third-order valence-corrected chi connectivity index (χ3v) is 4.39. The van der Waals surface area contributed by atoms with E-state index in [2.05, 4.69) is 10.6 Å². The van der Waals surface area contributed by atoms with Gasteiger partial charge in [0.2, 0.25) is 0 Å². The Morgan fingerprint density at radius 2 is 2.00 bits per heavy atom. The molecule has 2 aromatic carbocycles. The Kier molecular flexibility index (Phi) is 5.47. The van der Waals surface area contributed by atoms with Crippen LogP contribution in [0.4, 0.5) is 5.69 Å². The quantitative estimate of drug-likeness (QED) is 0.625. The van der Waals surface area contributed by atoms with Gasteiger partial charge >= 0.3 is 0 Å². The van der Waals surface area contributed by atoms with E-state index in [1.807, 2.05) is 24.3 Å². The minimum atomic E-state index is -0.244. The van der Waals surface area contributed by atoms with Crippen LogP contribution < -0.4 is 15.4 Å². The lowest BCUT2D eigenvalue weighted by Gasteiger charge is -2.08. The van der Waals surface area contributed by atoms with E-state index in [0.29, 0.717) is 15.0 Å².